The Morgan fingerprint density at radius 2 is 2.08 bits per heavy atom. The third-order valence-corrected chi connectivity index (χ3v) is 4.12. The van der Waals surface area contributed by atoms with Gasteiger partial charge in [-0.2, -0.15) is 5.10 Å². The normalized spacial score (nSPS) is 10.9. The number of nitrogens with one attached hydrogen (secondary N) is 2. The van der Waals surface area contributed by atoms with E-state index in [0.717, 1.165) is 11.0 Å². The number of benzene rings is 1. The molecule has 0 bridgehead atoms. The van der Waals surface area contributed by atoms with Crippen LogP contribution in [0.4, 0.5) is 17.1 Å². The van der Waals surface area contributed by atoms with Gasteiger partial charge in [-0.3, -0.25) is 10.1 Å². The number of thiocarbonyl (C=S) groups is 1. The van der Waals surface area contributed by atoms with Gasteiger partial charge in [0.15, 0.2) is 10.8 Å². The van der Waals surface area contributed by atoms with Gasteiger partial charge in [-0.25, -0.2) is 9.67 Å². The Morgan fingerprint density at radius 3 is 2.77 bits per heavy atom. The van der Waals surface area contributed by atoms with Gasteiger partial charge >= 0.3 is 0 Å². The number of nitrogens with zero attached hydrogens (tertiary/aromatic N) is 4. The maximum absolute atomic E-state index is 10.9. The first kappa shape index (κ1) is 18.0. The van der Waals surface area contributed by atoms with Gasteiger partial charge in [-0.15, -0.1) is 0 Å². The SMILES string of the molecule is CC(C)n1ncc2cc(NC(=S)Nc3cc([N+](=O)[O-])ccc3Cl)cnc21. The van der Waals surface area contributed by atoms with E-state index in [2.05, 4.69) is 20.7 Å². The Kier molecular flexibility index (Phi) is 5.01. The van der Waals surface area contributed by atoms with Crippen LogP contribution in [0.3, 0.4) is 0 Å². The molecule has 3 rings (SSSR count). The van der Waals surface area contributed by atoms with E-state index in [1.807, 2.05) is 24.6 Å². The van der Waals surface area contributed by atoms with Crippen molar-refractivity contribution in [2.45, 2.75) is 19.9 Å². The molecule has 0 amide bonds. The molecule has 3 aromatic rings. The van der Waals surface area contributed by atoms with Crippen molar-refractivity contribution < 1.29 is 4.92 Å². The molecule has 2 aromatic heterocycles. The lowest BCUT2D eigenvalue weighted by atomic mass is 10.3. The fourth-order valence-electron chi connectivity index (χ4n) is 2.39. The highest BCUT2D eigenvalue weighted by molar-refractivity contribution is 7.80. The molecule has 2 N–H and O–H groups in total. The third-order valence-electron chi connectivity index (χ3n) is 3.59. The number of halogens is 1. The van der Waals surface area contributed by atoms with Crippen LogP contribution in [0.2, 0.25) is 5.02 Å². The summed E-state index contributed by atoms with van der Waals surface area (Å²) in [6, 6.07) is 6.17. The molecule has 8 nitrogen and oxygen atoms in total. The number of aromatic nitrogens is 3. The molecule has 0 spiro atoms. The minimum atomic E-state index is -0.498. The molecule has 0 atom stereocenters. The predicted octanol–water partition coefficient (Wildman–Crippen LogP) is 4.38. The summed E-state index contributed by atoms with van der Waals surface area (Å²) in [5.41, 5.74) is 1.72. The van der Waals surface area contributed by atoms with Gasteiger partial charge in [-0.1, -0.05) is 11.6 Å². The fourth-order valence-corrected chi connectivity index (χ4v) is 2.79. The molecule has 1 aromatic carbocycles. The van der Waals surface area contributed by atoms with Crippen molar-refractivity contribution in [2.75, 3.05) is 10.6 Å². The van der Waals surface area contributed by atoms with E-state index in [9.17, 15) is 10.1 Å². The standard InChI is InChI=1S/C16H15ClN6O2S/c1-9(2)22-15-10(7-19-22)5-11(8-18-15)20-16(26)21-14-6-12(23(24)25)3-4-13(14)17/h3-9H,1-2H3,(H2,20,21,26). The van der Waals surface area contributed by atoms with E-state index >= 15 is 0 Å². The molecule has 0 aliphatic rings. The Hall–Kier alpha value is -2.78. The Morgan fingerprint density at radius 1 is 1.31 bits per heavy atom. The topological polar surface area (TPSA) is 97.9 Å². The van der Waals surface area contributed by atoms with Crippen LogP contribution in [-0.4, -0.2) is 24.8 Å². The summed E-state index contributed by atoms with van der Waals surface area (Å²) in [7, 11) is 0. The van der Waals surface area contributed by atoms with Gasteiger partial charge in [0.1, 0.15) is 0 Å². The quantitative estimate of drug-likeness (QED) is 0.387. The van der Waals surface area contributed by atoms with Gasteiger partial charge in [0, 0.05) is 23.6 Å². The van der Waals surface area contributed by atoms with Crippen LogP contribution in [0, 0.1) is 10.1 Å². The van der Waals surface area contributed by atoms with Gasteiger partial charge < -0.3 is 10.6 Å². The summed E-state index contributed by atoms with van der Waals surface area (Å²) < 4.78 is 1.83. The lowest BCUT2D eigenvalue weighted by Gasteiger charge is -2.12. The Balaban J connectivity index is 1.77. The molecular weight excluding hydrogens is 376 g/mol. The summed E-state index contributed by atoms with van der Waals surface area (Å²) in [6.45, 7) is 4.06. The van der Waals surface area contributed by atoms with Crippen molar-refractivity contribution in [3.63, 3.8) is 0 Å². The number of pyridine rings is 1. The Labute approximate surface area is 159 Å². The second-order valence-electron chi connectivity index (χ2n) is 5.82. The minimum absolute atomic E-state index is 0.0797. The van der Waals surface area contributed by atoms with Crippen molar-refractivity contribution >= 4 is 57.0 Å². The highest BCUT2D eigenvalue weighted by Crippen LogP contribution is 2.27. The van der Waals surface area contributed by atoms with Crippen LogP contribution in [0.25, 0.3) is 11.0 Å². The number of non-ortho nitro benzene ring substituents is 1. The lowest BCUT2D eigenvalue weighted by molar-refractivity contribution is -0.384. The molecule has 2 heterocycles. The average Bonchev–Trinajstić information content (AvgIpc) is 3.00. The number of nitro benzene ring substituents is 1. The summed E-state index contributed by atoms with van der Waals surface area (Å²) >= 11 is 11.3. The molecule has 0 aliphatic heterocycles. The van der Waals surface area contributed by atoms with Crippen molar-refractivity contribution in [1.29, 1.82) is 0 Å². The monoisotopic (exact) mass is 390 g/mol. The number of anilines is 2. The number of nitro groups is 1. The first-order valence-corrected chi connectivity index (χ1v) is 8.49. The van der Waals surface area contributed by atoms with E-state index in [-0.39, 0.29) is 16.8 Å². The maximum Gasteiger partial charge on any atom is 0.271 e. The van der Waals surface area contributed by atoms with Crippen LogP contribution in [0.1, 0.15) is 19.9 Å². The van der Waals surface area contributed by atoms with Gasteiger partial charge in [-0.05, 0) is 38.2 Å². The molecule has 0 saturated carbocycles. The largest absolute Gasteiger partial charge is 0.331 e. The van der Waals surface area contributed by atoms with Crippen LogP contribution >= 0.6 is 23.8 Å². The molecule has 10 heteroatoms. The van der Waals surface area contributed by atoms with Crippen molar-refractivity contribution in [2.24, 2.45) is 0 Å². The number of hydrogen-bond acceptors (Lipinski definition) is 5. The molecule has 134 valence electrons. The zero-order valence-corrected chi connectivity index (χ0v) is 15.5. The highest BCUT2D eigenvalue weighted by atomic mass is 35.5. The minimum Gasteiger partial charge on any atom is -0.331 e. The summed E-state index contributed by atoms with van der Waals surface area (Å²) in [4.78, 5) is 14.8. The van der Waals surface area contributed by atoms with Crippen molar-refractivity contribution in [1.82, 2.24) is 14.8 Å². The molecule has 0 unspecified atom stereocenters. The fraction of sp³-hybridized carbons (Fsp3) is 0.188. The zero-order valence-electron chi connectivity index (χ0n) is 13.9. The first-order chi connectivity index (χ1) is 12.3. The van der Waals surface area contributed by atoms with E-state index < -0.39 is 4.92 Å². The molecule has 26 heavy (non-hydrogen) atoms. The number of hydrogen-bond donors (Lipinski definition) is 2. The van der Waals surface area contributed by atoms with Crippen LogP contribution in [-0.2, 0) is 0 Å². The summed E-state index contributed by atoms with van der Waals surface area (Å²) in [5, 5.41) is 22.5. The van der Waals surface area contributed by atoms with Crippen molar-refractivity contribution in [3.8, 4) is 0 Å². The van der Waals surface area contributed by atoms with Crippen molar-refractivity contribution in [3.05, 3.63) is 51.8 Å². The summed E-state index contributed by atoms with van der Waals surface area (Å²) in [5.74, 6) is 0. The smallest absolute Gasteiger partial charge is 0.271 e. The van der Waals surface area contributed by atoms with Gasteiger partial charge in [0.2, 0.25) is 0 Å². The predicted molar refractivity (Wildman–Crippen MR) is 106 cm³/mol. The van der Waals surface area contributed by atoms with Crippen LogP contribution < -0.4 is 10.6 Å². The summed E-state index contributed by atoms with van der Waals surface area (Å²) in [6.07, 6.45) is 3.38. The second-order valence-corrected chi connectivity index (χ2v) is 6.64. The molecule has 0 fully saturated rings. The zero-order chi connectivity index (χ0) is 18.8. The van der Waals surface area contributed by atoms with Crippen LogP contribution in [0.15, 0.2) is 36.7 Å². The number of fused-ring (bicyclic) bond motifs is 1. The average molecular weight is 391 g/mol. The maximum atomic E-state index is 10.9. The first-order valence-electron chi connectivity index (χ1n) is 7.70. The highest BCUT2D eigenvalue weighted by Gasteiger charge is 2.12. The van der Waals surface area contributed by atoms with E-state index in [0.29, 0.717) is 16.4 Å². The third kappa shape index (κ3) is 3.73. The lowest BCUT2D eigenvalue weighted by Crippen LogP contribution is -2.19. The molecule has 0 aliphatic carbocycles. The Bertz CT molecular complexity index is 1000. The molecule has 0 radical (unpaired) electrons. The van der Waals surface area contributed by atoms with E-state index in [4.69, 9.17) is 23.8 Å². The second kappa shape index (κ2) is 7.22. The van der Waals surface area contributed by atoms with E-state index in [1.165, 1.54) is 18.2 Å². The van der Waals surface area contributed by atoms with Crippen LogP contribution in [0.5, 0.6) is 0 Å². The van der Waals surface area contributed by atoms with Gasteiger partial charge in [0.25, 0.3) is 5.69 Å². The molecular formula is C16H15ClN6O2S. The van der Waals surface area contributed by atoms with E-state index in [1.54, 1.807) is 12.4 Å². The molecule has 0 saturated heterocycles. The number of rotatable bonds is 4. The van der Waals surface area contributed by atoms with Gasteiger partial charge in [0.05, 0.1) is 33.7 Å².